The molecule has 18 heavy (non-hydrogen) atoms. The van der Waals surface area contributed by atoms with E-state index in [0.717, 1.165) is 0 Å². The van der Waals surface area contributed by atoms with Crippen LogP contribution in [-0.4, -0.2) is 24.9 Å². The first kappa shape index (κ1) is 13.5. The predicted molar refractivity (Wildman–Crippen MR) is 67.5 cm³/mol. The molecule has 0 saturated carbocycles. The lowest BCUT2D eigenvalue weighted by Gasteiger charge is -2.43. The van der Waals surface area contributed by atoms with Crippen molar-refractivity contribution in [3.05, 3.63) is 35.6 Å². The van der Waals surface area contributed by atoms with E-state index in [9.17, 15) is 9.50 Å². The van der Waals surface area contributed by atoms with Gasteiger partial charge in [-0.1, -0.05) is 19.1 Å². The zero-order chi connectivity index (χ0) is 13.2. The highest BCUT2D eigenvalue weighted by molar-refractivity contribution is 5.27. The number of rotatable bonds is 4. The molecule has 3 N–H and O–H groups in total. The molecule has 0 bridgehead atoms. The lowest BCUT2D eigenvalue weighted by molar-refractivity contribution is -0.0929. The molecule has 0 spiro atoms. The largest absolute Gasteiger partial charge is 0.384 e. The van der Waals surface area contributed by atoms with E-state index < -0.39 is 11.0 Å². The number of hydrogen-bond acceptors (Lipinski definition) is 3. The van der Waals surface area contributed by atoms with Gasteiger partial charge < -0.3 is 15.6 Å². The Labute approximate surface area is 107 Å². The topological polar surface area (TPSA) is 55.5 Å². The van der Waals surface area contributed by atoms with E-state index in [0.29, 0.717) is 38.2 Å². The van der Waals surface area contributed by atoms with Gasteiger partial charge in [-0.15, -0.1) is 0 Å². The summed E-state index contributed by atoms with van der Waals surface area (Å²) in [6.07, 6.45) is 1.18. The molecular weight excluding hydrogens is 233 g/mol. The molecule has 1 aromatic rings. The predicted octanol–water partition coefficient (Wildman–Crippen LogP) is 1.79. The Morgan fingerprint density at radius 3 is 2.83 bits per heavy atom. The van der Waals surface area contributed by atoms with Crippen LogP contribution in [0.5, 0.6) is 0 Å². The Balaban J connectivity index is 2.46. The molecule has 1 aliphatic heterocycles. The van der Waals surface area contributed by atoms with Gasteiger partial charge in [0, 0.05) is 18.6 Å². The maximum Gasteiger partial charge on any atom is 0.123 e. The number of hydrogen-bond donors (Lipinski definition) is 2. The fourth-order valence-corrected chi connectivity index (χ4v) is 2.89. The highest BCUT2D eigenvalue weighted by Crippen LogP contribution is 2.47. The van der Waals surface area contributed by atoms with Crippen LogP contribution >= 0.6 is 0 Å². The molecule has 100 valence electrons. The van der Waals surface area contributed by atoms with E-state index in [1.807, 2.05) is 6.92 Å². The van der Waals surface area contributed by atoms with Gasteiger partial charge in [0.15, 0.2) is 0 Å². The van der Waals surface area contributed by atoms with Crippen molar-refractivity contribution in [2.24, 2.45) is 11.1 Å². The van der Waals surface area contributed by atoms with E-state index >= 15 is 0 Å². The molecule has 0 amide bonds. The molecule has 0 aromatic heterocycles. The molecule has 1 saturated heterocycles. The van der Waals surface area contributed by atoms with Gasteiger partial charge in [0.1, 0.15) is 5.82 Å². The molecule has 3 nitrogen and oxygen atoms in total. The first-order valence-electron chi connectivity index (χ1n) is 6.34. The number of aliphatic hydroxyl groups is 1. The van der Waals surface area contributed by atoms with Gasteiger partial charge in [-0.05, 0) is 30.5 Å². The maximum absolute atomic E-state index is 13.4. The van der Waals surface area contributed by atoms with Gasteiger partial charge in [0.25, 0.3) is 0 Å². The van der Waals surface area contributed by atoms with E-state index in [1.165, 1.54) is 12.1 Å². The second kappa shape index (κ2) is 4.96. The fourth-order valence-electron chi connectivity index (χ4n) is 2.89. The molecule has 1 aliphatic rings. The minimum absolute atomic E-state index is 0.327. The fraction of sp³-hybridized carbons (Fsp3) is 0.571. The van der Waals surface area contributed by atoms with Crippen LogP contribution in [0.4, 0.5) is 4.39 Å². The van der Waals surface area contributed by atoms with Gasteiger partial charge in [0.2, 0.25) is 0 Å². The van der Waals surface area contributed by atoms with Crippen molar-refractivity contribution in [1.29, 1.82) is 0 Å². The van der Waals surface area contributed by atoms with Crippen molar-refractivity contribution < 1.29 is 14.2 Å². The zero-order valence-corrected chi connectivity index (χ0v) is 10.7. The Kier molecular flexibility index (Phi) is 3.71. The molecule has 1 heterocycles. The van der Waals surface area contributed by atoms with Crippen LogP contribution in [0.1, 0.15) is 25.3 Å². The van der Waals surface area contributed by atoms with Crippen molar-refractivity contribution in [1.82, 2.24) is 0 Å². The smallest absolute Gasteiger partial charge is 0.123 e. The number of halogens is 1. The number of ether oxygens (including phenoxy) is 1. The van der Waals surface area contributed by atoms with E-state index in [-0.39, 0.29) is 5.82 Å². The summed E-state index contributed by atoms with van der Waals surface area (Å²) in [7, 11) is 0. The lowest BCUT2D eigenvalue weighted by atomic mass is 9.66. The van der Waals surface area contributed by atoms with Gasteiger partial charge in [-0.25, -0.2) is 4.39 Å². The van der Waals surface area contributed by atoms with Crippen molar-refractivity contribution in [2.75, 3.05) is 19.8 Å². The Morgan fingerprint density at radius 1 is 1.56 bits per heavy atom. The monoisotopic (exact) mass is 253 g/mol. The summed E-state index contributed by atoms with van der Waals surface area (Å²) in [5, 5.41) is 11.0. The van der Waals surface area contributed by atoms with Crippen LogP contribution in [0.2, 0.25) is 0 Å². The van der Waals surface area contributed by atoms with E-state index in [2.05, 4.69) is 0 Å². The number of benzene rings is 1. The average molecular weight is 253 g/mol. The normalized spacial score (nSPS) is 27.1. The molecule has 4 heteroatoms. The summed E-state index contributed by atoms with van der Waals surface area (Å²) in [4.78, 5) is 0. The van der Waals surface area contributed by atoms with Crippen LogP contribution in [0.25, 0.3) is 0 Å². The second-order valence-corrected chi connectivity index (χ2v) is 5.01. The summed E-state index contributed by atoms with van der Waals surface area (Å²) >= 11 is 0. The minimum atomic E-state index is -1.14. The molecule has 2 rings (SSSR count). The minimum Gasteiger partial charge on any atom is -0.384 e. The van der Waals surface area contributed by atoms with Crippen molar-refractivity contribution >= 4 is 0 Å². The van der Waals surface area contributed by atoms with Crippen molar-refractivity contribution in [2.45, 2.75) is 25.4 Å². The maximum atomic E-state index is 13.4. The Bertz CT molecular complexity index is 418. The van der Waals surface area contributed by atoms with Gasteiger partial charge in [-0.3, -0.25) is 0 Å². The highest BCUT2D eigenvalue weighted by atomic mass is 19.1. The summed E-state index contributed by atoms with van der Waals surface area (Å²) in [5.41, 5.74) is 4.80. The quantitative estimate of drug-likeness (QED) is 0.860. The third-order valence-corrected chi connectivity index (χ3v) is 4.19. The van der Waals surface area contributed by atoms with Crippen molar-refractivity contribution in [3.8, 4) is 0 Å². The van der Waals surface area contributed by atoms with Crippen LogP contribution in [0, 0.1) is 11.2 Å². The van der Waals surface area contributed by atoms with Gasteiger partial charge >= 0.3 is 0 Å². The summed E-state index contributed by atoms with van der Waals surface area (Å²) < 4.78 is 18.8. The zero-order valence-electron chi connectivity index (χ0n) is 10.7. The second-order valence-electron chi connectivity index (χ2n) is 5.01. The first-order valence-corrected chi connectivity index (χ1v) is 6.34. The summed E-state index contributed by atoms with van der Waals surface area (Å²) in [6.45, 7) is 3.23. The Hall–Kier alpha value is -0.970. The molecule has 0 radical (unpaired) electrons. The molecule has 0 aliphatic carbocycles. The summed E-state index contributed by atoms with van der Waals surface area (Å²) in [5.74, 6) is -0.342. The standard InChI is InChI=1S/C14H20FNO2/c1-2-14(17,11-4-3-5-12(15)8-11)13(9-16)6-7-18-10-13/h3-5,8,17H,2,6-7,9-10,16H2,1H3. The average Bonchev–Trinajstić information content (AvgIpc) is 2.88. The van der Waals surface area contributed by atoms with Crippen LogP contribution in [0.3, 0.4) is 0 Å². The third kappa shape index (κ3) is 1.94. The van der Waals surface area contributed by atoms with Crippen LogP contribution in [0.15, 0.2) is 24.3 Å². The highest BCUT2D eigenvalue weighted by Gasteiger charge is 2.51. The number of nitrogens with two attached hydrogens (primary N) is 1. The molecule has 1 aromatic carbocycles. The van der Waals surface area contributed by atoms with E-state index in [1.54, 1.807) is 12.1 Å². The van der Waals surface area contributed by atoms with Gasteiger partial charge in [0.05, 0.1) is 12.2 Å². The van der Waals surface area contributed by atoms with Crippen molar-refractivity contribution in [3.63, 3.8) is 0 Å². The third-order valence-electron chi connectivity index (χ3n) is 4.19. The SMILES string of the molecule is CCC(O)(c1cccc(F)c1)C1(CN)CCOC1. The Morgan fingerprint density at radius 2 is 2.33 bits per heavy atom. The van der Waals surface area contributed by atoms with Gasteiger partial charge in [-0.2, -0.15) is 0 Å². The molecule has 1 fully saturated rings. The molecule has 2 unspecified atom stereocenters. The van der Waals surface area contributed by atoms with Crippen LogP contribution < -0.4 is 5.73 Å². The van der Waals surface area contributed by atoms with E-state index in [4.69, 9.17) is 10.5 Å². The summed E-state index contributed by atoms with van der Waals surface area (Å²) in [6, 6.07) is 6.13. The molecule has 2 atom stereocenters. The van der Waals surface area contributed by atoms with Crippen LogP contribution in [-0.2, 0) is 10.3 Å². The molecular formula is C14H20FNO2. The lowest BCUT2D eigenvalue weighted by Crippen LogP contribution is -2.50. The first-order chi connectivity index (χ1) is 8.58.